The Hall–Kier alpha value is -1.55. The van der Waals surface area contributed by atoms with E-state index in [-0.39, 0.29) is 12.6 Å². The molecular weight excluding hydrogens is 298 g/mol. The van der Waals surface area contributed by atoms with E-state index in [1.165, 1.54) is 11.1 Å². The number of aliphatic hydroxyl groups is 1. The molecule has 0 saturated heterocycles. The maximum atomic E-state index is 10.0. The average molecular weight is 320 g/mol. The summed E-state index contributed by atoms with van der Waals surface area (Å²) in [6.07, 6.45) is -0.595. The third-order valence-electron chi connectivity index (χ3n) is 3.58. The number of ether oxygens (including phenoxy) is 1. The van der Waals surface area contributed by atoms with Crippen LogP contribution in [0.2, 0.25) is 5.02 Å². The van der Waals surface area contributed by atoms with Crippen LogP contribution in [0, 0.1) is 6.92 Å². The minimum absolute atomic E-state index is 0.177. The Morgan fingerprint density at radius 1 is 1.14 bits per heavy atom. The van der Waals surface area contributed by atoms with Crippen molar-refractivity contribution in [3.8, 4) is 5.75 Å². The minimum atomic E-state index is -0.595. The molecule has 0 aliphatic heterocycles. The van der Waals surface area contributed by atoms with Crippen LogP contribution in [0.25, 0.3) is 0 Å². The van der Waals surface area contributed by atoms with Gasteiger partial charge in [0.15, 0.2) is 0 Å². The number of para-hydroxylation sites is 1. The molecule has 2 unspecified atom stereocenters. The van der Waals surface area contributed by atoms with Crippen LogP contribution >= 0.6 is 11.6 Å². The van der Waals surface area contributed by atoms with Crippen LogP contribution in [-0.4, -0.2) is 24.4 Å². The molecule has 0 spiro atoms. The van der Waals surface area contributed by atoms with Gasteiger partial charge in [0.1, 0.15) is 18.5 Å². The second kappa shape index (κ2) is 8.18. The maximum Gasteiger partial charge on any atom is 0.138 e. The van der Waals surface area contributed by atoms with E-state index in [1.807, 2.05) is 24.3 Å². The molecule has 0 aliphatic rings. The van der Waals surface area contributed by atoms with E-state index < -0.39 is 6.10 Å². The van der Waals surface area contributed by atoms with Gasteiger partial charge in [-0.2, -0.15) is 0 Å². The highest BCUT2D eigenvalue weighted by Gasteiger charge is 2.11. The lowest BCUT2D eigenvalue weighted by Gasteiger charge is -2.19. The summed E-state index contributed by atoms with van der Waals surface area (Å²) in [4.78, 5) is 0. The molecule has 0 bridgehead atoms. The van der Waals surface area contributed by atoms with E-state index in [0.717, 1.165) is 0 Å². The van der Waals surface area contributed by atoms with Gasteiger partial charge in [0.05, 0.1) is 5.02 Å². The lowest BCUT2D eigenvalue weighted by atomic mass is 10.0. The topological polar surface area (TPSA) is 41.5 Å². The van der Waals surface area contributed by atoms with Crippen molar-refractivity contribution in [3.63, 3.8) is 0 Å². The Bertz CT molecular complexity index is 603. The lowest BCUT2D eigenvalue weighted by Crippen LogP contribution is -2.33. The van der Waals surface area contributed by atoms with E-state index in [9.17, 15) is 5.11 Å². The van der Waals surface area contributed by atoms with Gasteiger partial charge in [-0.25, -0.2) is 0 Å². The molecule has 2 atom stereocenters. The molecule has 2 aromatic rings. The molecule has 22 heavy (non-hydrogen) atoms. The van der Waals surface area contributed by atoms with Crippen LogP contribution in [0.5, 0.6) is 5.75 Å². The number of aryl methyl sites for hydroxylation is 1. The number of halogens is 1. The molecule has 3 nitrogen and oxygen atoms in total. The fourth-order valence-corrected chi connectivity index (χ4v) is 2.49. The molecule has 0 radical (unpaired) electrons. The third kappa shape index (κ3) is 4.73. The molecule has 0 fully saturated rings. The number of hydrogen-bond donors (Lipinski definition) is 2. The van der Waals surface area contributed by atoms with E-state index >= 15 is 0 Å². The predicted octanol–water partition coefficient (Wildman–Crippen LogP) is 3.74. The molecule has 2 N–H and O–H groups in total. The first-order valence-corrected chi connectivity index (χ1v) is 7.80. The standard InChI is InChI=1S/C18H22ClNO2/c1-13-7-3-4-8-16(13)14(2)20-11-15(21)12-22-18-10-6-5-9-17(18)19/h3-10,14-15,20-21H,11-12H2,1-2H3. The monoisotopic (exact) mass is 319 g/mol. The van der Waals surface area contributed by atoms with Crippen LogP contribution < -0.4 is 10.1 Å². The predicted molar refractivity (Wildman–Crippen MR) is 90.6 cm³/mol. The Kier molecular flexibility index (Phi) is 6.25. The Labute approximate surface area is 136 Å². The second-order valence-corrected chi connectivity index (χ2v) is 5.79. The van der Waals surface area contributed by atoms with Crippen molar-refractivity contribution in [2.45, 2.75) is 26.0 Å². The summed E-state index contributed by atoms with van der Waals surface area (Å²) >= 11 is 6.01. The normalized spacial score (nSPS) is 13.6. The second-order valence-electron chi connectivity index (χ2n) is 5.38. The fraction of sp³-hybridized carbons (Fsp3) is 0.333. The number of rotatable bonds is 7. The maximum absolute atomic E-state index is 10.0. The molecule has 0 heterocycles. The molecule has 0 aliphatic carbocycles. The zero-order valence-electron chi connectivity index (χ0n) is 12.9. The molecule has 0 aromatic heterocycles. The Morgan fingerprint density at radius 2 is 1.82 bits per heavy atom. The number of benzene rings is 2. The van der Waals surface area contributed by atoms with E-state index in [0.29, 0.717) is 17.3 Å². The molecule has 0 saturated carbocycles. The summed E-state index contributed by atoms with van der Waals surface area (Å²) in [7, 11) is 0. The summed E-state index contributed by atoms with van der Waals surface area (Å²) in [6, 6.07) is 15.7. The van der Waals surface area contributed by atoms with Gasteiger partial charge in [-0.3, -0.25) is 0 Å². The summed E-state index contributed by atoms with van der Waals surface area (Å²) < 4.78 is 5.54. The van der Waals surface area contributed by atoms with Crippen molar-refractivity contribution >= 4 is 11.6 Å². The van der Waals surface area contributed by atoms with E-state index in [1.54, 1.807) is 12.1 Å². The third-order valence-corrected chi connectivity index (χ3v) is 3.89. The lowest BCUT2D eigenvalue weighted by molar-refractivity contribution is 0.104. The highest BCUT2D eigenvalue weighted by atomic mass is 35.5. The van der Waals surface area contributed by atoms with Crippen LogP contribution in [-0.2, 0) is 0 Å². The van der Waals surface area contributed by atoms with Gasteiger partial charge in [0.25, 0.3) is 0 Å². The van der Waals surface area contributed by atoms with Gasteiger partial charge >= 0.3 is 0 Å². The zero-order chi connectivity index (χ0) is 15.9. The number of hydrogen-bond acceptors (Lipinski definition) is 3. The molecular formula is C18H22ClNO2. The van der Waals surface area contributed by atoms with Crippen LogP contribution in [0.15, 0.2) is 48.5 Å². The SMILES string of the molecule is Cc1ccccc1C(C)NCC(O)COc1ccccc1Cl. The van der Waals surface area contributed by atoms with Gasteiger partial charge in [0, 0.05) is 12.6 Å². The first-order valence-electron chi connectivity index (χ1n) is 7.42. The van der Waals surface area contributed by atoms with Gasteiger partial charge in [-0.15, -0.1) is 0 Å². The summed E-state index contributed by atoms with van der Waals surface area (Å²) in [5.41, 5.74) is 2.48. The van der Waals surface area contributed by atoms with Gasteiger partial charge in [-0.05, 0) is 37.1 Å². The quantitative estimate of drug-likeness (QED) is 0.817. The van der Waals surface area contributed by atoms with E-state index in [2.05, 4.69) is 31.3 Å². The van der Waals surface area contributed by atoms with E-state index in [4.69, 9.17) is 16.3 Å². The van der Waals surface area contributed by atoms with Crippen molar-refractivity contribution in [1.82, 2.24) is 5.32 Å². The van der Waals surface area contributed by atoms with Crippen LogP contribution in [0.1, 0.15) is 24.1 Å². The van der Waals surface area contributed by atoms with Gasteiger partial charge in [0.2, 0.25) is 0 Å². The smallest absolute Gasteiger partial charge is 0.138 e. The molecule has 0 amide bonds. The fourth-order valence-electron chi connectivity index (χ4n) is 2.30. The number of nitrogens with one attached hydrogen (secondary N) is 1. The summed E-state index contributed by atoms with van der Waals surface area (Å²) in [5.74, 6) is 0.593. The van der Waals surface area contributed by atoms with Gasteiger partial charge < -0.3 is 15.2 Å². The molecule has 2 rings (SSSR count). The van der Waals surface area contributed by atoms with Crippen molar-refractivity contribution in [1.29, 1.82) is 0 Å². The Morgan fingerprint density at radius 3 is 2.55 bits per heavy atom. The number of aliphatic hydroxyl groups excluding tert-OH is 1. The van der Waals surface area contributed by atoms with Crippen LogP contribution in [0.4, 0.5) is 0 Å². The first kappa shape index (κ1) is 16.8. The van der Waals surface area contributed by atoms with Crippen molar-refractivity contribution in [2.75, 3.05) is 13.2 Å². The minimum Gasteiger partial charge on any atom is -0.489 e. The van der Waals surface area contributed by atoms with Crippen molar-refractivity contribution in [2.24, 2.45) is 0 Å². The average Bonchev–Trinajstić information content (AvgIpc) is 2.52. The first-order chi connectivity index (χ1) is 10.6. The Balaban J connectivity index is 1.79. The summed E-state index contributed by atoms with van der Waals surface area (Å²) in [5, 5.41) is 13.9. The summed E-state index contributed by atoms with van der Waals surface area (Å²) in [6.45, 7) is 4.84. The van der Waals surface area contributed by atoms with Gasteiger partial charge in [-0.1, -0.05) is 48.0 Å². The molecule has 118 valence electrons. The highest BCUT2D eigenvalue weighted by molar-refractivity contribution is 6.32. The largest absolute Gasteiger partial charge is 0.489 e. The zero-order valence-corrected chi connectivity index (χ0v) is 13.7. The highest BCUT2D eigenvalue weighted by Crippen LogP contribution is 2.23. The molecule has 2 aromatic carbocycles. The molecule has 4 heteroatoms. The van der Waals surface area contributed by atoms with Crippen LogP contribution in [0.3, 0.4) is 0 Å². The van der Waals surface area contributed by atoms with Crippen molar-refractivity contribution in [3.05, 3.63) is 64.7 Å². The van der Waals surface area contributed by atoms with Crippen molar-refractivity contribution < 1.29 is 9.84 Å².